The molecule has 0 unspecified atom stereocenters. The molecule has 4 aromatic rings. The van der Waals surface area contributed by atoms with Crippen molar-refractivity contribution in [1.29, 1.82) is 0 Å². The average molecular weight is 777 g/mol. The molecule has 15 heteroatoms. The zero-order valence-electron chi connectivity index (χ0n) is 31.4. The topological polar surface area (TPSA) is 228 Å². The van der Waals surface area contributed by atoms with Gasteiger partial charge in [-0.1, -0.05) is 97.1 Å². The fourth-order valence-corrected chi connectivity index (χ4v) is 6.04. The van der Waals surface area contributed by atoms with Gasteiger partial charge in [-0.2, -0.15) is 0 Å². The number of hydrogen-bond acceptors (Lipinski definition) is 8. The maximum atomic E-state index is 14.2. The summed E-state index contributed by atoms with van der Waals surface area (Å²) in [4.78, 5) is 73.1. The zero-order chi connectivity index (χ0) is 40.4. The number of fused-ring (bicyclic) bond motifs is 1. The van der Waals surface area contributed by atoms with Gasteiger partial charge in [-0.05, 0) is 42.0 Å². The lowest BCUT2D eigenvalue weighted by Gasteiger charge is -2.27. The van der Waals surface area contributed by atoms with E-state index in [4.69, 9.17) is 20.9 Å². The third-order valence-electron chi connectivity index (χ3n) is 9.00. The summed E-state index contributed by atoms with van der Waals surface area (Å²) in [7, 11) is 0. The van der Waals surface area contributed by atoms with Crippen LogP contribution in [0.25, 0.3) is 10.8 Å². The molecule has 298 valence electrons. The number of hydrogen-bond donors (Lipinski definition) is 7. The maximum Gasteiger partial charge on any atom is 0.251 e. The van der Waals surface area contributed by atoms with Gasteiger partial charge in [-0.3, -0.25) is 29.0 Å². The molecule has 0 radical (unpaired) electrons. The van der Waals surface area contributed by atoms with E-state index in [2.05, 4.69) is 31.6 Å². The number of nitrogens with two attached hydrogens (primary N) is 2. The molecule has 0 saturated carbocycles. The molecule has 4 atom stereocenters. The van der Waals surface area contributed by atoms with Crippen molar-refractivity contribution < 1.29 is 33.4 Å². The number of anilines is 1. The summed E-state index contributed by atoms with van der Waals surface area (Å²) in [6, 6.07) is 25.7. The first-order valence-electron chi connectivity index (χ1n) is 18.6. The molecule has 0 spiro atoms. The number of carbonyl (C=O) groups is 5. The highest BCUT2D eigenvalue weighted by molar-refractivity contribution is 6.05. The van der Waals surface area contributed by atoms with Gasteiger partial charge in [0.1, 0.15) is 24.2 Å². The van der Waals surface area contributed by atoms with Crippen LogP contribution < -0.4 is 38.1 Å². The molecule has 9 N–H and O–H groups in total. The largest absolute Gasteiger partial charge is 0.375 e. The minimum absolute atomic E-state index is 0.0492. The third-order valence-corrected chi connectivity index (χ3v) is 9.00. The van der Waals surface area contributed by atoms with E-state index >= 15 is 0 Å². The summed E-state index contributed by atoms with van der Waals surface area (Å²) in [6.45, 7) is -0.142. The Bertz CT molecular complexity index is 2030. The lowest BCUT2D eigenvalue weighted by atomic mass is 10.0. The predicted molar refractivity (Wildman–Crippen MR) is 217 cm³/mol. The number of nitrogens with one attached hydrogen (secondary N) is 5. The highest BCUT2D eigenvalue weighted by Gasteiger charge is 2.32. The number of amides is 5. The number of nitrogens with zero attached hydrogens (tertiary/aromatic N) is 1. The van der Waals surface area contributed by atoms with E-state index in [1.54, 1.807) is 72.8 Å². The first-order chi connectivity index (χ1) is 27.7. The molecule has 1 aliphatic rings. The average Bonchev–Trinajstić information content (AvgIpc) is 3.21. The first kappa shape index (κ1) is 41.6. The van der Waals surface area contributed by atoms with Crippen LogP contribution in [0, 0.1) is 0 Å². The second-order valence-electron chi connectivity index (χ2n) is 13.3. The number of ether oxygens (including phenoxy) is 2. The van der Waals surface area contributed by atoms with Gasteiger partial charge in [0, 0.05) is 29.6 Å². The van der Waals surface area contributed by atoms with Gasteiger partial charge in [-0.15, -0.1) is 0 Å². The fraction of sp³-hybridized carbons (Fsp3) is 0.286. The highest BCUT2D eigenvalue weighted by Crippen LogP contribution is 2.23. The Balaban J connectivity index is 1.43. The third kappa shape index (κ3) is 13.0. The zero-order valence-corrected chi connectivity index (χ0v) is 31.4. The van der Waals surface area contributed by atoms with Crippen molar-refractivity contribution in [3.8, 4) is 0 Å². The molecule has 4 aromatic carbocycles. The molecule has 0 bridgehead atoms. The number of benzene rings is 4. The maximum absolute atomic E-state index is 14.2. The molecule has 0 fully saturated rings. The van der Waals surface area contributed by atoms with Crippen LogP contribution in [0.3, 0.4) is 0 Å². The van der Waals surface area contributed by atoms with E-state index in [0.717, 1.165) is 16.3 Å². The van der Waals surface area contributed by atoms with Crippen molar-refractivity contribution in [3.63, 3.8) is 0 Å². The van der Waals surface area contributed by atoms with Crippen LogP contribution >= 0.6 is 0 Å². The number of rotatable bonds is 10. The fourth-order valence-electron chi connectivity index (χ4n) is 6.04. The standard InChI is InChI=1S/C42H48N8O7/c43-42(44)45-22-12-21-33-38(52)50-36(40(54)46-32-20-11-18-29-15-7-8-19-31(29)32)27-57-24-10-9-23-56-26-35(49-37(51)30-16-5-2-6-17-30)41(55)48-34(39(53)47-33)25-28-13-3-1-4-14-28/h1-11,13-20,33-36H,12,21-27H2,(H,46,54)(H,47,53)(H,48,55)(H,49,51)(H,50,52)(H4,43,44,45)/b10-9+/t33-,34+,35-,36-/m0/s1. The van der Waals surface area contributed by atoms with E-state index in [0.29, 0.717) is 11.3 Å². The first-order valence-corrected chi connectivity index (χ1v) is 18.6. The molecule has 5 rings (SSSR count). The van der Waals surface area contributed by atoms with Gasteiger partial charge in [-0.25, -0.2) is 0 Å². The Morgan fingerprint density at radius 2 is 1.35 bits per heavy atom. The van der Waals surface area contributed by atoms with Crippen molar-refractivity contribution in [3.05, 3.63) is 126 Å². The molecule has 1 heterocycles. The van der Waals surface area contributed by atoms with Crippen LogP contribution in [0.1, 0.15) is 28.8 Å². The number of guanidine groups is 1. The second-order valence-corrected chi connectivity index (χ2v) is 13.3. The van der Waals surface area contributed by atoms with E-state index in [1.807, 2.05) is 42.5 Å². The van der Waals surface area contributed by atoms with Gasteiger partial charge < -0.3 is 47.5 Å². The SMILES string of the molecule is NC(N)=NCCC[C@@H]1NC(=O)[C@@H](Cc2ccccc2)NC(=O)[C@@H](NC(=O)c2ccccc2)COC/C=C/COC[C@@H](C(=O)Nc2cccc3ccccc23)NC1=O. The van der Waals surface area contributed by atoms with Crippen molar-refractivity contribution in [2.45, 2.75) is 43.4 Å². The molecular formula is C42H48N8O7. The Morgan fingerprint density at radius 1 is 0.719 bits per heavy atom. The van der Waals surface area contributed by atoms with Crippen LogP contribution in [0.5, 0.6) is 0 Å². The summed E-state index contributed by atoms with van der Waals surface area (Å²) in [5, 5.41) is 15.7. The number of aliphatic imine (C=N–C) groups is 1. The lowest BCUT2D eigenvalue weighted by Crippen LogP contribution is -2.59. The normalized spacial score (nSPS) is 20.4. The van der Waals surface area contributed by atoms with Crippen LogP contribution in [-0.2, 0) is 35.1 Å². The van der Waals surface area contributed by atoms with Crippen LogP contribution in [-0.4, -0.2) is 92.6 Å². The summed E-state index contributed by atoms with van der Waals surface area (Å²) in [5.74, 6) is -3.20. The lowest BCUT2D eigenvalue weighted by molar-refractivity contribution is -0.134. The molecule has 0 aliphatic carbocycles. The molecule has 57 heavy (non-hydrogen) atoms. The molecule has 0 saturated heterocycles. The van der Waals surface area contributed by atoms with E-state index in [1.165, 1.54) is 0 Å². The Morgan fingerprint density at radius 3 is 2.09 bits per heavy atom. The number of carbonyl (C=O) groups excluding carboxylic acids is 5. The van der Waals surface area contributed by atoms with Crippen LogP contribution in [0.15, 0.2) is 120 Å². The van der Waals surface area contributed by atoms with E-state index < -0.39 is 53.7 Å². The van der Waals surface area contributed by atoms with Gasteiger partial charge in [0.05, 0.1) is 26.4 Å². The summed E-state index contributed by atoms with van der Waals surface area (Å²) in [5.41, 5.74) is 12.6. The van der Waals surface area contributed by atoms with Crippen molar-refractivity contribution in [2.75, 3.05) is 38.3 Å². The summed E-state index contributed by atoms with van der Waals surface area (Å²) >= 11 is 0. The highest BCUT2D eigenvalue weighted by atomic mass is 16.5. The van der Waals surface area contributed by atoms with Gasteiger partial charge >= 0.3 is 0 Å². The molecule has 1 aliphatic heterocycles. The smallest absolute Gasteiger partial charge is 0.251 e. The van der Waals surface area contributed by atoms with Crippen LogP contribution in [0.2, 0.25) is 0 Å². The van der Waals surface area contributed by atoms with E-state index in [9.17, 15) is 24.0 Å². The Hall–Kier alpha value is -6.58. The van der Waals surface area contributed by atoms with Crippen molar-refractivity contribution in [1.82, 2.24) is 21.3 Å². The van der Waals surface area contributed by atoms with Crippen molar-refractivity contribution in [2.24, 2.45) is 16.5 Å². The molecule has 15 nitrogen and oxygen atoms in total. The van der Waals surface area contributed by atoms with Crippen LogP contribution in [0.4, 0.5) is 5.69 Å². The van der Waals surface area contributed by atoms with Gasteiger partial charge in [0.15, 0.2) is 5.96 Å². The second kappa shape index (κ2) is 21.5. The quantitative estimate of drug-likeness (QED) is 0.0540. The monoisotopic (exact) mass is 776 g/mol. The summed E-state index contributed by atoms with van der Waals surface area (Å²) in [6.07, 6.45) is 3.74. The molecular weight excluding hydrogens is 729 g/mol. The predicted octanol–water partition coefficient (Wildman–Crippen LogP) is 1.93. The minimum atomic E-state index is -1.20. The molecule has 0 aromatic heterocycles. The molecule has 5 amide bonds. The Labute approximate surface area is 330 Å². The van der Waals surface area contributed by atoms with E-state index in [-0.39, 0.29) is 58.2 Å². The van der Waals surface area contributed by atoms with Gasteiger partial charge in [0.25, 0.3) is 5.91 Å². The van der Waals surface area contributed by atoms with Crippen molar-refractivity contribution >= 4 is 52.0 Å². The minimum Gasteiger partial charge on any atom is -0.375 e. The Kier molecular flexibility index (Phi) is 15.7. The van der Waals surface area contributed by atoms with Gasteiger partial charge in [0.2, 0.25) is 23.6 Å². The summed E-state index contributed by atoms with van der Waals surface area (Å²) < 4.78 is 11.6.